The number of carbonyl (C=O) groups excluding carboxylic acids is 1. The number of fused-ring (bicyclic) bond motifs is 1. The van der Waals surface area contributed by atoms with Crippen LogP contribution in [-0.4, -0.2) is 72.6 Å². The Balaban J connectivity index is 1.35. The summed E-state index contributed by atoms with van der Waals surface area (Å²) in [4.78, 5) is 37.1. The van der Waals surface area contributed by atoms with E-state index in [9.17, 15) is 4.79 Å². The van der Waals surface area contributed by atoms with Gasteiger partial charge in [-0.25, -0.2) is 24.9 Å². The van der Waals surface area contributed by atoms with Crippen LogP contribution in [0.2, 0.25) is 0 Å². The highest BCUT2D eigenvalue weighted by molar-refractivity contribution is 5.86. The maximum absolute atomic E-state index is 12.8. The second-order valence-corrected chi connectivity index (χ2v) is 8.53. The maximum atomic E-state index is 12.8. The second-order valence-electron chi connectivity index (χ2n) is 8.53. The molecule has 1 aliphatic heterocycles. The predicted molar refractivity (Wildman–Crippen MR) is 119 cm³/mol. The summed E-state index contributed by atoms with van der Waals surface area (Å²) in [5, 5.41) is 3.51. The number of aromatic nitrogens is 6. The summed E-state index contributed by atoms with van der Waals surface area (Å²) in [5.41, 5.74) is 2.33. The average Bonchev–Trinajstić information content (AvgIpc) is 3.38. The third-order valence-corrected chi connectivity index (χ3v) is 6.51. The lowest BCUT2D eigenvalue weighted by Gasteiger charge is -2.35. The van der Waals surface area contributed by atoms with Crippen LogP contribution in [0.4, 0.5) is 5.82 Å². The van der Waals surface area contributed by atoms with Crippen LogP contribution in [0, 0.1) is 12.8 Å². The van der Waals surface area contributed by atoms with E-state index < -0.39 is 0 Å². The number of likely N-dealkylation sites (tertiary alicyclic amines) is 1. The predicted octanol–water partition coefficient (Wildman–Crippen LogP) is 2.05. The number of methoxy groups -OCH3 is 1. The maximum Gasteiger partial charge on any atom is 0.225 e. The van der Waals surface area contributed by atoms with E-state index in [1.807, 2.05) is 16.4 Å². The summed E-state index contributed by atoms with van der Waals surface area (Å²) in [7, 11) is 1.71. The molecular formula is C22H28N8O2. The number of ether oxygens (including phenoxy) is 1. The number of hydrogen-bond acceptors (Lipinski definition) is 8. The van der Waals surface area contributed by atoms with Gasteiger partial charge in [-0.3, -0.25) is 4.79 Å². The van der Waals surface area contributed by atoms with Crippen LogP contribution in [0.3, 0.4) is 0 Å². The summed E-state index contributed by atoms with van der Waals surface area (Å²) in [6, 6.07) is 0.133. The van der Waals surface area contributed by atoms with Crippen LogP contribution >= 0.6 is 0 Å². The fourth-order valence-electron chi connectivity index (χ4n) is 4.56. The van der Waals surface area contributed by atoms with E-state index in [4.69, 9.17) is 9.72 Å². The molecule has 1 aliphatic carbocycles. The molecule has 1 N–H and O–H groups in total. The van der Waals surface area contributed by atoms with E-state index >= 15 is 0 Å². The molecule has 0 spiro atoms. The van der Waals surface area contributed by atoms with Crippen LogP contribution in [0.5, 0.6) is 0 Å². The quantitative estimate of drug-likeness (QED) is 0.625. The SMILES string of the molecule is CCn1c(-c2cnc(C)nc2)nc2c(NC3CCN(C(=O)[C@H]4C[C@H](OC)C4)C3)ncnc21. The molecule has 1 unspecified atom stereocenters. The fraction of sp³-hybridized carbons (Fsp3) is 0.545. The number of nitrogens with zero attached hydrogens (tertiary/aromatic N) is 7. The number of nitrogens with one attached hydrogen (secondary N) is 1. The van der Waals surface area contributed by atoms with Crippen molar-refractivity contribution < 1.29 is 9.53 Å². The van der Waals surface area contributed by atoms with E-state index in [-0.39, 0.29) is 24.0 Å². The molecule has 3 aromatic rings. The minimum absolute atomic E-state index is 0.101. The average molecular weight is 437 g/mol. The molecule has 1 saturated carbocycles. The number of anilines is 1. The molecule has 3 aromatic heterocycles. The molecule has 0 bridgehead atoms. The van der Waals surface area contributed by atoms with E-state index in [1.54, 1.807) is 25.8 Å². The highest BCUT2D eigenvalue weighted by Gasteiger charge is 2.39. The van der Waals surface area contributed by atoms with Crippen molar-refractivity contribution in [3.63, 3.8) is 0 Å². The minimum Gasteiger partial charge on any atom is -0.381 e. The number of imidazole rings is 1. The Morgan fingerprint density at radius 1 is 1.22 bits per heavy atom. The molecule has 168 valence electrons. The first-order chi connectivity index (χ1) is 15.6. The number of hydrogen-bond donors (Lipinski definition) is 1. The molecule has 2 aliphatic rings. The first-order valence-electron chi connectivity index (χ1n) is 11.2. The lowest BCUT2D eigenvalue weighted by Crippen LogP contribution is -2.44. The first kappa shape index (κ1) is 20.7. The van der Waals surface area contributed by atoms with Gasteiger partial charge >= 0.3 is 0 Å². The molecule has 2 fully saturated rings. The van der Waals surface area contributed by atoms with Gasteiger partial charge in [-0.15, -0.1) is 0 Å². The Morgan fingerprint density at radius 2 is 2.00 bits per heavy atom. The van der Waals surface area contributed by atoms with Gasteiger partial charge in [-0.05, 0) is 33.1 Å². The summed E-state index contributed by atoms with van der Waals surface area (Å²) in [6.07, 6.45) is 7.90. The van der Waals surface area contributed by atoms with Gasteiger partial charge in [0.2, 0.25) is 5.91 Å². The highest BCUT2D eigenvalue weighted by atomic mass is 16.5. The summed E-state index contributed by atoms with van der Waals surface area (Å²) >= 11 is 0. The zero-order chi connectivity index (χ0) is 22.2. The third-order valence-electron chi connectivity index (χ3n) is 6.51. The molecule has 0 radical (unpaired) electrons. The third kappa shape index (κ3) is 3.68. The summed E-state index contributed by atoms with van der Waals surface area (Å²) in [5.74, 6) is 2.53. The molecule has 10 heteroatoms. The van der Waals surface area contributed by atoms with Crippen LogP contribution in [0.25, 0.3) is 22.6 Å². The number of carbonyl (C=O) groups is 1. The van der Waals surface area contributed by atoms with Crippen LogP contribution < -0.4 is 5.32 Å². The Hall–Kier alpha value is -3.14. The molecular weight excluding hydrogens is 408 g/mol. The van der Waals surface area contributed by atoms with E-state index in [0.29, 0.717) is 18.9 Å². The summed E-state index contributed by atoms with van der Waals surface area (Å²) < 4.78 is 7.36. The smallest absolute Gasteiger partial charge is 0.225 e. The van der Waals surface area contributed by atoms with E-state index in [0.717, 1.165) is 54.2 Å². The molecule has 32 heavy (non-hydrogen) atoms. The van der Waals surface area contributed by atoms with Gasteiger partial charge in [0.25, 0.3) is 0 Å². The van der Waals surface area contributed by atoms with Crippen molar-refractivity contribution in [3.8, 4) is 11.4 Å². The molecule has 10 nitrogen and oxygen atoms in total. The first-order valence-corrected chi connectivity index (χ1v) is 11.2. The van der Waals surface area contributed by atoms with Crippen molar-refractivity contribution in [2.24, 2.45) is 5.92 Å². The Morgan fingerprint density at radius 3 is 2.72 bits per heavy atom. The van der Waals surface area contributed by atoms with Gasteiger partial charge in [0, 0.05) is 51.1 Å². The van der Waals surface area contributed by atoms with Gasteiger partial charge in [0.15, 0.2) is 17.0 Å². The van der Waals surface area contributed by atoms with Crippen molar-refractivity contribution in [3.05, 3.63) is 24.5 Å². The molecule has 5 rings (SSSR count). The van der Waals surface area contributed by atoms with Crippen molar-refractivity contribution in [1.82, 2.24) is 34.4 Å². The molecule has 4 heterocycles. The minimum atomic E-state index is 0.101. The second kappa shape index (κ2) is 8.42. The van der Waals surface area contributed by atoms with Gasteiger partial charge in [-0.1, -0.05) is 0 Å². The Kier molecular flexibility index (Phi) is 5.46. The van der Waals surface area contributed by atoms with Crippen LogP contribution in [-0.2, 0) is 16.1 Å². The molecule has 0 aromatic carbocycles. The van der Waals surface area contributed by atoms with Gasteiger partial charge in [0.1, 0.15) is 18.0 Å². The lowest BCUT2D eigenvalue weighted by molar-refractivity contribution is -0.142. The van der Waals surface area contributed by atoms with Gasteiger partial charge in [0.05, 0.1) is 11.7 Å². The number of amides is 1. The van der Waals surface area contributed by atoms with Crippen LogP contribution in [0.15, 0.2) is 18.7 Å². The van der Waals surface area contributed by atoms with Crippen molar-refractivity contribution in [2.75, 3.05) is 25.5 Å². The van der Waals surface area contributed by atoms with Crippen molar-refractivity contribution in [1.29, 1.82) is 0 Å². The topological polar surface area (TPSA) is 111 Å². The van der Waals surface area contributed by atoms with Crippen LogP contribution in [0.1, 0.15) is 32.0 Å². The van der Waals surface area contributed by atoms with Crippen molar-refractivity contribution >= 4 is 22.9 Å². The number of aryl methyl sites for hydroxylation is 2. The van der Waals surface area contributed by atoms with Gasteiger partial charge < -0.3 is 19.5 Å². The standard InChI is InChI=1S/C22H28N8O2/c1-4-30-20(15-9-23-13(2)24-10-15)28-18-19(25-12-26-21(18)30)27-16-5-6-29(11-16)22(31)14-7-17(8-14)32-3/h9-10,12,14,16-17H,4-8,11H2,1-3H3,(H,25,26,27)/t14-,16?,17-. The highest BCUT2D eigenvalue weighted by Crippen LogP contribution is 2.33. The van der Waals surface area contributed by atoms with Gasteiger partial charge in [-0.2, -0.15) is 0 Å². The van der Waals surface area contributed by atoms with E-state index in [2.05, 4.69) is 32.2 Å². The Labute approximate surface area is 186 Å². The Bertz CT molecular complexity index is 1120. The fourth-order valence-corrected chi connectivity index (χ4v) is 4.56. The summed E-state index contributed by atoms with van der Waals surface area (Å²) in [6.45, 7) is 6.06. The molecule has 1 atom stereocenters. The molecule has 1 amide bonds. The van der Waals surface area contributed by atoms with Crippen molar-refractivity contribution in [2.45, 2.75) is 51.8 Å². The zero-order valence-corrected chi connectivity index (χ0v) is 18.7. The monoisotopic (exact) mass is 436 g/mol. The molecule has 1 saturated heterocycles. The normalized spacial score (nSPS) is 22.8. The number of rotatable bonds is 6. The zero-order valence-electron chi connectivity index (χ0n) is 18.7. The van der Waals surface area contributed by atoms with E-state index in [1.165, 1.54) is 0 Å². The lowest BCUT2D eigenvalue weighted by atomic mass is 9.81. The largest absolute Gasteiger partial charge is 0.381 e.